The first kappa shape index (κ1) is 31.7. The lowest BCUT2D eigenvalue weighted by Gasteiger charge is -2.45. The fourth-order valence-corrected chi connectivity index (χ4v) is 5.30. The van der Waals surface area contributed by atoms with E-state index in [1.807, 2.05) is 29.2 Å². The van der Waals surface area contributed by atoms with Crippen molar-refractivity contribution in [2.45, 2.75) is 18.6 Å². The van der Waals surface area contributed by atoms with Crippen LogP contribution in [0.5, 0.6) is 11.5 Å². The Hall–Kier alpha value is -4.19. The second-order valence-corrected chi connectivity index (χ2v) is 9.84. The van der Waals surface area contributed by atoms with Gasteiger partial charge in [-0.25, -0.2) is 9.38 Å². The summed E-state index contributed by atoms with van der Waals surface area (Å²) in [6, 6.07) is 14.0. The molecule has 0 saturated carbocycles. The molecule has 0 bridgehead atoms. The zero-order valence-electron chi connectivity index (χ0n) is 23.7. The van der Waals surface area contributed by atoms with Gasteiger partial charge in [-0.3, -0.25) is 4.79 Å². The molecule has 2 aliphatic heterocycles. The molecule has 0 aliphatic carbocycles. The van der Waals surface area contributed by atoms with E-state index in [9.17, 15) is 22.4 Å². The van der Waals surface area contributed by atoms with Crippen LogP contribution in [0.4, 0.5) is 34.6 Å². The summed E-state index contributed by atoms with van der Waals surface area (Å²) in [5.74, 6) is 0.0478. The topological polar surface area (TPSA) is 66.8 Å². The molecule has 0 N–H and O–H groups in total. The molecule has 1 atom stereocenters. The lowest BCUT2D eigenvalue weighted by atomic mass is 9.96. The number of hydrogen-bond acceptors (Lipinski definition) is 8. The van der Waals surface area contributed by atoms with Crippen LogP contribution in [0.3, 0.4) is 0 Å². The van der Waals surface area contributed by atoms with Crippen LogP contribution in [-0.4, -0.2) is 64.3 Å². The number of fused-ring (bicyclic) bond motifs is 1. The summed E-state index contributed by atoms with van der Waals surface area (Å²) in [6.45, 7) is 2.03. The van der Waals surface area contributed by atoms with E-state index in [-0.39, 0.29) is 41.9 Å². The van der Waals surface area contributed by atoms with Crippen molar-refractivity contribution in [2.75, 3.05) is 57.3 Å². The van der Waals surface area contributed by atoms with Gasteiger partial charge in [0.15, 0.2) is 0 Å². The highest BCUT2D eigenvalue weighted by atomic mass is 35.5. The van der Waals surface area contributed by atoms with Gasteiger partial charge in [-0.05, 0) is 42.5 Å². The van der Waals surface area contributed by atoms with Crippen molar-refractivity contribution >= 4 is 41.4 Å². The van der Waals surface area contributed by atoms with Crippen LogP contribution >= 0.6 is 12.4 Å². The number of hydrogen-bond donors (Lipinski definition) is 0. The Balaban J connectivity index is 0.00000423. The second-order valence-electron chi connectivity index (χ2n) is 9.84. The number of rotatable bonds is 6. The van der Waals surface area contributed by atoms with E-state index in [1.165, 1.54) is 38.5 Å². The van der Waals surface area contributed by atoms with Gasteiger partial charge in [-0.15, -0.1) is 12.4 Å². The van der Waals surface area contributed by atoms with E-state index in [0.717, 1.165) is 23.6 Å². The predicted octanol–water partition coefficient (Wildman–Crippen LogP) is 6.22. The first-order valence-corrected chi connectivity index (χ1v) is 13.3. The molecule has 3 aromatic carbocycles. The summed E-state index contributed by atoms with van der Waals surface area (Å²) in [6.07, 6.45) is -4.85. The second kappa shape index (κ2) is 13.0. The molecule has 0 aromatic heterocycles. The predicted molar refractivity (Wildman–Crippen MR) is 157 cm³/mol. The number of ether oxygens (including phenoxy) is 3. The van der Waals surface area contributed by atoms with Gasteiger partial charge in [-0.1, -0.05) is 12.1 Å². The summed E-state index contributed by atoms with van der Waals surface area (Å²) < 4.78 is 71.9. The van der Waals surface area contributed by atoms with E-state index in [4.69, 9.17) is 19.2 Å². The molecular formula is C30H31ClF4N4O4. The SMILES string of the molecule is COC(=O)CC1c2ccc(F)cc2N=C(N2CCN(c3cccc(OC)c3)CC2)N1c1cc(C(F)(F)F)ccc1OC.Cl. The third-order valence-corrected chi connectivity index (χ3v) is 7.43. The molecule has 0 amide bonds. The monoisotopic (exact) mass is 622 g/mol. The van der Waals surface area contributed by atoms with E-state index < -0.39 is 29.6 Å². The van der Waals surface area contributed by atoms with Crippen LogP contribution in [0.2, 0.25) is 0 Å². The van der Waals surface area contributed by atoms with Gasteiger partial charge in [0.25, 0.3) is 0 Å². The van der Waals surface area contributed by atoms with Gasteiger partial charge in [0.1, 0.15) is 17.3 Å². The molecule has 230 valence electrons. The number of carbonyl (C=O) groups is 1. The van der Waals surface area contributed by atoms with Crippen molar-refractivity contribution in [3.8, 4) is 11.5 Å². The van der Waals surface area contributed by atoms with Gasteiger partial charge in [0, 0.05) is 43.5 Å². The van der Waals surface area contributed by atoms with E-state index in [1.54, 1.807) is 12.0 Å². The van der Waals surface area contributed by atoms with Crippen molar-refractivity contribution < 1.29 is 36.6 Å². The molecule has 1 fully saturated rings. The molecule has 2 heterocycles. The fraction of sp³-hybridized carbons (Fsp3) is 0.333. The maximum Gasteiger partial charge on any atom is 0.416 e. The lowest BCUT2D eigenvalue weighted by Crippen LogP contribution is -2.55. The van der Waals surface area contributed by atoms with Gasteiger partial charge in [-0.2, -0.15) is 13.2 Å². The minimum atomic E-state index is -4.63. The van der Waals surface area contributed by atoms with E-state index in [2.05, 4.69) is 4.90 Å². The number of esters is 1. The zero-order chi connectivity index (χ0) is 30.0. The third kappa shape index (κ3) is 6.58. The van der Waals surface area contributed by atoms with Crippen LogP contribution in [0.25, 0.3) is 0 Å². The number of alkyl halides is 3. The molecule has 2 aliphatic rings. The van der Waals surface area contributed by atoms with Crippen molar-refractivity contribution in [3.05, 3.63) is 77.6 Å². The Morgan fingerprint density at radius 1 is 0.930 bits per heavy atom. The Labute approximate surface area is 252 Å². The summed E-state index contributed by atoms with van der Waals surface area (Å²) in [4.78, 5) is 23.1. The number of piperazine rings is 1. The van der Waals surface area contributed by atoms with Crippen LogP contribution in [0.15, 0.2) is 65.7 Å². The summed E-state index contributed by atoms with van der Waals surface area (Å²) >= 11 is 0. The number of anilines is 2. The van der Waals surface area contributed by atoms with Crippen LogP contribution in [0.1, 0.15) is 23.6 Å². The highest BCUT2D eigenvalue weighted by Crippen LogP contribution is 2.45. The standard InChI is InChI=1S/C30H30F4N4O4.ClH/c1-40-22-6-4-5-21(17-22)36-11-13-37(14-12-36)29-35-24-16-20(31)8-9-23(24)25(18-28(39)42-3)38(29)26-15-19(30(32,33)34)7-10-27(26)41-2;/h4-10,15-17,25H,11-14,18H2,1-3H3;1H. The average Bonchev–Trinajstić information content (AvgIpc) is 3.00. The number of aliphatic imine (C=N–C) groups is 1. The molecule has 1 saturated heterocycles. The lowest BCUT2D eigenvalue weighted by molar-refractivity contribution is -0.141. The number of nitrogens with zero attached hydrogens (tertiary/aromatic N) is 4. The van der Waals surface area contributed by atoms with Crippen molar-refractivity contribution in [1.29, 1.82) is 0 Å². The molecule has 5 rings (SSSR count). The van der Waals surface area contributed by atoms with Gasteiger partial charge in [0.2, 0.25) is 5.96 Å². The van der Waals surface area contributed by atoms with Gasteiger partial charge < -0.3 is 28.9 Å². The Kier molecular flexibility index (Phi) is 9.59. The highest BCUT2D eigenvalue weighted by Gasteiger charge is 2.40. The van der Waals surface area contributed by atoms with Gasteiger partial charge >= 0.3 is 12.1 Å². The molecule has 13 heteroatoms. The fourth-order valence-electron chi connectivity index (χ4n) is 5.30. The van der Waals surface area contributed by atoms with Crippen molar-refractivity contribution in [2.24, 2.45) is 4.99 Å². The van der Waals surface area contributed by atoms with Gasteiger partial charge in [0.05, 0.1) is 50.7 Å². The summed E-state index contributed by atoms with van der Waals surface area (Å²) in [5, 5.41) is 0. The minimum Gasteiger partial charge on any atom is -0.497 e. The first-order chi connectivity index (χ1) is 20.1. The van der Waals surface area contributed by atoms with Crippen molar-refractivity contribution in [3.63, 3.8) is 0 Å². The Morgan fingerprint density at radius 3 is 2.30 bits per heavy atom. The molecule has 3 aromatic rings. The quantitative estimate of drug-likeness (QED) is 0.239. The molecular weight excluding hydrogens is 592 g/mol. The summed E-state index contributed by atoms with van der Waals surface area (Å²) in [7, 11) is 4.19. The summed E-state index contributed by atoms with van der Waals surface area (Å²) in [5.41, 5.74) is 0.913. The van der Waals surface area contributed by atoms with Crippen LogP contribution in [0, 0.1) is 5.82 Å². The maximum absolute atomic E-state index is 14.4. The Bertz CT molecular complexity index is 1500. The minimum absolute atomic E-state index is 0. The zero-order valence-corrected chi connectivity index (χ0v) is 24.5. The number of methoxy groups -OCH3 is 3. The molecule has 43 heavy (non-hydrogen) atoms. The van der Waals surface area contributed by atoms with Crippen LogP contribution < -0.4 is 19.3 Å². The molecule has 8 nitrogen and oxygen atoms in total. The molecule has 0 radical (unpaired) electrons. The third-order valence-electron chi connectivity index (χ3n) is 7.43. The Morgan fingerprint density at radius 2 is 1.65 bits per heavy atom. The van der Waals surface area contributed by atoms with Crippen molar-refractivity contribution in [1.82, 2.24) is 4.90 Å². The molecule has 0 spiro atoms. The number of guanidine groups is 1. The maximum atomic E-state index is 14.4. The normalized spacial score (nSPS) is 16.6. The molecule has 1 unspecified atom stereocenters. The number of carbonyl (C=O) groups excluding carboxylic acids is 1. The van der Waals surface area contributed by atoms with Crippen LogP contribution in [-0.2, 0) is 15.7 Å². The highest BCUT2D eigenvalue weighted by molar-refractivity contribution is 6.02. The number of halogens is 5. The smallest absolute Gasteiger partial charge is 0.416 e. The largest absolute Gasteiger partial charge is 0.497 e. The van der Waals surface area contributed by atoms with E-state index in [0.29, 0.717) is 31.7 Å². The number of benzene rings is 3. The first-order valence-electron chi connectivity index (χ1n) is 13.3. The average molecular weight is 623 g/mol. The van der Waals surface area contributed by atoms with E-state index >= 15 is 0 Å².